The molecular weight excluding hydrogens is 294 g/mol. The molecule has 1 amide bonds. The minimum atomic E-state index is -0.0229. The number of aliphatic imine (C=N–C) groups is 1. The van der Waals surface area contributed by atoms with Gasteiger partial charge < -0.3 is 15.5 Å². The summed E-state index contributed by atoms with van der Waals surface area (Å²) in [5.74, 6) is 2.36. The van der Waals surface area contributed by atoms with Gasteiger partial charge in [-0.1, -0.05) is 6.92 Å². The number of aryl methyl sites for hydroxylation is 2. The number of carbonyl (C=O) groups is 1. The highest BCUT2D eigenvalue weighted by atomic mass is 16.2. The van der Waals surface area contributed by atoms with Crippen molar-refractivity contribution in [2.75, 3.05) is 27.2 Å². The van der Waals surface area contributed by atoms with Crippen molar-refractivity contribution in [3.05, 3.63) is 11.6 Å². The minimum absolute atomic E-state index is 0.0229. The van der Waals surface area contributed by atoms with Gasteiger partial charge in [-0.25, -0.2) is 14.7 Å². The molecule has 128 valence electrons. The number of aromatic nitrogens is 3. The quantitative estimate of drug-likeness (QED) is 0.607. The number of rotatable bonds is 5. The molecule has 1 aliphatic rings. The average Bonchev–Trinajstić information content (AvgIpc) is 2.90. The van der Waals surface area contributed by atoms with Gasteiger partial charge in [0.15, 0.2) is 5.96 Å². The molecule has 0 bridgehead atoms. The van der Waals surface area contributed by atoms with Gasteiger partial charge in [0, 0.05) is 27.2 Å². The predicted octanol–water partition coefficient (Wildman–Crippen LogP) is 0.455. The van der Waals surface area contributed by atoms with Crippen LogP contribution in [0, 0.1) is 6.92 Å². The first-order valence-corrected chi connectivity index (χ1v) is 8.17. The summed E-state index contributed by atoms with van der Waals surface area (Å²) in [4.78, 5) is 22.2. The van der Waals surface area contributed by atoms with E-state index in [1.807, 2.05) is 11.6 Å². The number of nitrogens with zero attached hydrogens (tertiary/aromatic N) is 5. The van der Waals surface area contributed by atoms with E-state index in [0.29, 0.717) is 5.96 Å². The molecule has 1 aliphatic heterocycles. The van der Waals surface area contributed by atoms with Crippen LogP contribution in [0.2, 0.25) is 0 Å². The zero-order valence-corrected chi connectivity index (χ0v) is 14.5. The van der Waals surface area contributed by atoms with E-state index in [2.05, 4.69) is 32.6 Å². The Hall–Kier alpha value is -2.12. The molecule has 1 atom stereocenters. The van der Waals surface area contributed by atoms with E-state index in [1.165, 1.54) is 0 Å². The number of guanidine groups is 1. The lowest BCUT2D eigenvalue weighted by Gasteiger charge is -2.25. The number of nitrogens with one attached hydrogen (secondary N) is 2. The molecule has 0 saturated heterocycles. The Morgan fingerprint density at radius 1 is 1.48 bits per heavy atom. The number of amides is 1. The van der Waals surface area contributed by atoms with Gasteiger partial charge in [-0.05, 0) is 26.2 Å². The third kappa shape index (κ3) is 4.67. The molecule has 2 heterocycles. The third-order valence-corrected chi connectivity index (χ3v) is 3.71. The molecule has 1 aromatic rings. The van der Waals surface area contributed by atoms with E-state index in [-0.39, 0.29) is 18.5 Å². The summed E-state index contributed by atoms with van der Waals surface area (Å²) in [7, 11) is 3.47. The largest absolute Gasteiger partial charge is 0.356 e. The van der Waals surface area contributed by atoms with Crippen LogP contribution in [0.15, 0.2) is 4.99 Å². The normalized spacial score (nSPS) is 17.6. The highest BCUT2D eigenvalue weighted by molar-refractivity contribution is 5.84. The first kappa shape index (κ1) is 17.2. The van der Waals surface area contributed by atoms with Crippen molar-refractivity contribution in [1.29, 1.82) is 0 Å². The van der Waals surface area contributed by atoms with E-state index in [9.17, 15) is 4.79 Å². The monoisotopic (exact) mass is 321 g/mol. The summed E-state index contributed by atoms with van der Waals surface area (Å²) < 4.78 is 1.96. The number of likely N-dealkylation sites (N-methyl/N-ethyl adjacent to an activating group) is 1. The Morgan fingerprint density at radius 2 is 2.26 bits per heavy atom. The second-order valence-electron chi connectivity index (χ2n) is 5.96. The summed E-state index contributed by atoms with van der Waals surface area (Å²) in [5, 5.41) is 11.1. The Bertz CT molecular complexity index is 564. The van der Waals surface area contributed by atoms with Crippen molar-refractivity contribution in [2.24, 2.45) is 4.99 Å². The van der Waals surface area contributed by atoms with Crippen molar-refractivity contribution >= 4 is 11.9 Å². The Kier molecular flexibility index (Phi) is 5.95. The van der Waals surface area contributed by atoms with Gasteiger partial charge in [0.05, 0.1) is 6.04 Å². The Balaban J connectivity index is 2.08. The van der Waals surface area contributed by atoms with Crippen molar-refractivity contribution in [3.8, 4) is 0 Å². The topological polar surface area (TPSA) is 87.4 Å². The van der Waals surface area contributed by atoms with Gasteiger partial charge in [0.25, 0.3) is 0 Å². The molecule has 0 aliphatic carbocycles. The second-order valence-corrected chi connectivity index (χ2v) is 5.96. The molecule has 0 saturated carbocycles. The molecule has 0 aromatic carbocycles. The van der Waals surface area contributed by atoms with Crippen LogP contribution in [0.5, 0.6) is 0 Å². The van der Waals surface area contributed by atoms with Gasteiger partial charge in [0.2, 0.25) is 5.91 Å². The molecule has 1 unspecified atom stereocenters. The molecule has 0 spiro atoms. The number of hydrogen-bond acceptors (Lipinski definition) is 4. The van der Waals surface area contributed by atoms with Crippen LogP contribution in [0.25, 0.3) is 0 Å². The third-order valence-electron chi connectivity index (χ3n) is 3.71. The molecule has 1 aromatic heterocycles. The zero-order chi connectivity index (χ0) is 16.8. The maximum atomic E-state index is 11.8. The molecule has 0 fully saturated rings. The van der Waals surface area contributed by atoms with Crippen LogP contribution < -0.4 is 10.6 Å². The highest BCUT2D eigenvalue weighted by Crippen LogP contribution is 2.22. The van der Waals surface area contributed by atoms with E-state index in [0.717, 1.165) is 44.0 Å². The fourth-order valence-corrected chi connectivity index (χ4v) is 2.45. The molecule has 8 nitrogen and oxygen atoms in total. The van der Waals surface area contributed by atoms with Crippen molar-refractivity contribution in [3.63, 3.8) is 0 Å². The van der Waals surface area contributed by atoms with Crippen molar-refractivity contribution in [1.82, 2.24) is 30.3 Å². The molecule has 8 heteroatoms. The lowest BCUT2D eigenvalue weighted by molar-refractivity contribution is -0.127. The number of carbonyl (C=O) groups excluding carboxylic acids is 1. The molecule has 2 rings (SSSR count). The van der Waals surface area contributed by atoms with Crippen LogP contribution >= 0.6 is 0 Å². The van der Waals surface area contributed by atoms with Crippen molar-refractivity contribution < 1.29 is 4.79 Å². The zero-order valence-electron chi connectivity index (χ0n) is 14.5. The van der Waals surface area contributed by atoms with Crippen LogP contribution in [-0.4, -0.2) is 58.7 Å². The van der Waals surface area contributed by atoms with Crippen LogP contribution in [0.3, 0.4) is 0 Å². The van der Waals surface area contributed by atoms with Crippen LogP contribution in [0.1, 0.15) is 43.9 Å². The predicted molar refractivity (Wildman–Crippen MR) is 89.2 cm³/mol. The molecule has 2 N–H and O–H groups in total. The summed E-state index contributed by atoms with van der Waals surface area (Å²) >= 11 is 0. The number of fused-ring (bicyclic) bond motifs is 1. The SMILES string of the molecule is CCCNC(=NCC(=O)N(C)C)NC1CCCn2nc(C)nc21. The van der Waals surface area contributed by atoms with Gasteiger partial charge >= 0.3 is 0 Å². The first-order valence-electron chi connectivity index (χ1n) is 8.17. The maximum Gasteiger partial charge on any atom is 0.243 e. The Morgan fingerprint density at radius 3 is 2.96 bits per heavy atom. The minimum Gasteiger partial charge on any atom is -0.356 e. The fourth-order valence-electron chi connectivity index (χ4n) is 2.45. The van der Waals surface area contributed by atoms with E-state index in [1.54, 1.807) is 19.0 Å². The maximum absolute atomic E-state index is 11.8. The van der Waals surface area contributed by atoms with Gasteiger partial charge in [-0.2, -0.15) is 5.10 Å². The molecular formula is C15H27N7O. The summed E-state index contributed by atoms with van der Waals surface area (Å²) in [6, 6.07) is 0.0718. The lowest BCUT2D eigenvalue weighted by atomic mass is 10.1. The summed E-state index contributed by atoms with van der Waals surface area (Å²) in [6.45, 7) is 5.84. The van der Waals surface area contributed by atoms with E-state index < -0.39 is 0 Å². The first-order chi connectivity index (χ1) is 11.0. The Labute approximate surface area is 137 Å². The number of hydrogen-bond donors (Lipinski definition) is 2. The fraction of sp³-hybridized carbons (Fsp3) is 0.733. The van der Waals surface area contributed by atoms with Crippen LogP contribution in [-0.2, 0) is 11.3 Å². The summed E-state index contributed by atoms with van der Waals surface area (Å²) in [6.07, 6.45) is 3.01. The smallest absolute Gasteiger partial charge is 0.243 e. The van der Waals surface area contributed by atoms with Crippen molar-refractivity contribution in [2.45, 2.75) is 45.7 Å². The van der Waals surface area contributed by atoms with Gasteiger partial charge in [-0.3, -0.25) is 4.79 Å². The standard InChI is InChI=1S/C15H27N7O/c1-5-8-16-15(17-10-13(23)21(3)4)19-12-7-6-9-22-14(12)18-11(2)20-22/h12H,5-10H2,1-4H3,(H2,16,17,19). The lowest BCUT2D eigenvalue weighted by Crippen LogP contribution is -2.42. The van der Waals surface area contributed by atoms with E-state index in [4.69, 9.17) is 0 Å². The van der Waals surface area contributed by atoms with Gasteiger partial charge in [-0.15, -0.1) is 0 Å². The van der Waals surface area contributed by atoms with Crippen LogP contribution in [0.4, 0.5) is 0 Å². The molecule has 0 radical (unpaired) electrons. The highest BCUT2D eigenvalue weighted by Gasteiger charge is 2.24. The van der Waals surface area contributed by atoms with E-state index >= 15 is 0 Å². The van der Waals surface area contributed by atoms with Gasteiger partial charge in [0.1, 0.15) is 18.2 Å². The summed E-state index contributed by atoms with van der Waals surface area (Å²) in [5.41, 5.74) is 0. The molecule has 23 heavy (non-hydrogen) atoms. The second kappa shape index (κ2) is 7.94. The average molecular weight is 321 g/mol.